The molecule has 1 saturated heterocycles. The Balaban J connectivity index is 1.46. The molecule has 4 aromatic rings. The number of hydrogen-bond donors (Lipinski definition) is 1. The van der Waals surface area contributed by atoms with Gasteiger partial charge in [0.25, 0.3) is 11.8 Å². The Bertz CT molecular complexity index is 1430. The van der Waals surface area contributed by atoms with Gasteiger partial charge in [-0.1, -0.05) is 30.3 Å². The Labute approximate surface area is 195 Å². The van der Waals surface area contributed by atoms with E-state index in [0.717, 1.165) is 11.3 Å². The number of pyridine rings is 1. The molecule has 0 atom stereocenters. The summed E-state index contributed by atoms with van der Waals surface area (Å²) in [6.07, 6.45) is 4.84. The van der Waals surface area contributed by atoms with Crippen molar-refractivity contribution in [1.82, 2.24) is 24.1 Å². The fraction of sp³-hybridized carbons (Fsp3) is 0.208. The van der Waals surface area contributed by atoms with Crippen molar-refractivity contribution in [2.45, 2.75) is 0 Å². The Hall–Kier alpha value is -4.49. The van der Waals surface area contributed by atoms with E-state index in [9.17, 15) is 14.9 Å². The first-order valence-electron chi connectivity index (χ1n) is 10.7. The van der Waals surface area contributed by atoms with Gasteiger partial charge >= 0.3 is 0 Å². The van der Waals surface area contributed by atoms with Gasteiger partial charge in [-0.3, -0.25) is 14.3 Å². The maximum absolute atomic E-state index is 13.2. The van der Waals surface area contributed by atoms with E-state index in [1.807, 2.05) is 36.5 Å². The van der Waals surface area contributed by atoms with Crippen molar-refractivity contribution in [3.05, 3.63) is 71.8 Å². The van der Waals surface area contributed by atoms with Crippen molar-refractivity contribution in [3.8, 4) is 17.3 Å². The van der Waals surface area contributed by atoms with E-state index in [1.165, 1.54) is 10.9 Å². The molecule has 1 aliphatic rings. The highest BCUT2D eigenvalue weighted by atomic mass is 16.5. The predicted octanol–water partition coefficient (Wildman–Crippen LogP) is 2.33. The van der Waals surface area contributed by atoms with Crippen LogP contribution in [0.5, 0.6) is 0 Å². The van der Waals surface area contributed by atoms with Crippen LogP contribution in [-0.4, -0.2) is 62.2 Å². The molecule has 170 valence electrons. The summed E-state index contributed by atoms with van der Waals surface area (Å²) in [5.74, 6) is -0.814. The van der Waals surface area contributed by atoms with Gasteiger partial charge in [0.2, 0.25) is 0 Å². The van der Waals surface area contributed by atoms with Gasteiger partial charge in [-0.25, -0.2) is 4.98 Å². The highest BCUT2D eigenvalue weighted by Crippen LogP contribution is 2.24. The van der Waals surface area contributed by atoms with Gasteiger partial charge in [0.15, 0.2) is 0 Å². The Morgan fingerprint density at radius 3 is 2.65 bits per heavy atom. The standard InChI is InChI=1S/C24H21N7O3/c1-29-22(18(13-26-29)24(33)30-7-9-34-10-8-30)23(32)28-19-11-21-27-20(16-5-3-2-4-6-16)15-31(21)14-17(19)12-25/h2-6,11,13-15H,7-10H2,1H3,(H,28,32). The second-order valence-electron chi connectivity index (χ2n) is 7.86. The molecule has 10 heteroatoms. The fourth-order valence-corrected chi connectivity index (χ4v) is 3.96. The normalized spacial score (nSPS) is 13.6. The molecule has 10 nitrogen and oxygen atoms in total. The summed E-state index contributed by atoms with van der Waals surface area (Å²) < 4.78 is 8.41. The van der Waals surface area contributed by atoms with Crippen molar-refractivity contribution in [3.63, 3.8) is 0 Å². The number of aryl methyl sites for hydroxylation is 1. The molecular weight excluding hydrogens is 434 g/mol. The van der Waals surface area contributed by atoms with Crippen molar-refractivity contribution < 1.29 is 14.3 Å². The Kier molecular flexibility index (Phi) is 5.53. The molecule has 3 aromatic heterocycles. The second kappa shape index (κ2) is 8.80. The highest BCUT2D eigenvalue weighted by molar-refractivity contribution is 6.11. The summed E-state index contributed by atoms with van der Waals surface area (Å²) in [6.45, 7) is 1.81. The van der Waals surface area contributed by atoms with Gasteiger partial charge in [-0.2, -0.15) is 10.4 Å². The number of carbonyl (C=O) groups excluding carboxylic acids is 2. The molecule has 2 amide bonds. The molecule has 0 spiro atoms. The number of morpholine rings is 1. The number of ether oxygens (including phenoxy) is 1. The number of nitriles is 1. The first kappa shape index (κ1) is 21.4. The number of amides is 2. The van der Waals surface area contributed by atoms with Gasteiger partial charge in [0.1, 0.15) is 17.4 Å². The van der Waals surface area contributed by atoms with Crippen LogP contribution in [0.2, 0.25) is 0 Å². The third-order valence-electron chi connectivity index (χ3n) is 5.71. The van der Waals surface area contributed by atoms with Gasteiger partial charge < -0.3 is 19.4 Å². The van der Waals surface area contributed by atoms with Crippen LogP contribution in [0.4, 0.5) is 5.69 Å². The number of fused-ring (bicyclic) bond motifs is 1. The summed E-state index contributed by atoms with van der Waals surface area (Å²) in [5.41, 5.74) is 3.15. The molecule has 0 saturated carbocycles. The number of nitrogens with one attached hydrogen (secondary N) is 1. The topological polar surface area (TPSA) is 118 Å². The summed E-state index contributed by atoms with van der Waals surface area (Å²) >= 11 is 0. The van der Waals surface area contributed by atoms with Crippen molar-refractivity contribution in [2.24, 2.45) is 7.05 Å². The number of aromatic nitrogens is 4. The van der Waals surface area contributed by atoms with Crippen LogP contribution in [0.1, 0.15) is 26.4 Å². The fourth-order valence-electron chi connectivity index (χ4n) is 3.96. The molecule has 34 heavy (non-hydrogen) atoms. The van der Waals surface area contributed by atoms with E-state index in [4.69, 9.17) is 4.74 Å². The zero-order valence-corrected chi connectivity index (χ0v) is 18.4. The third kappa shape index (κ3) is 3.89. The molecule has 1 aliphatic heterocycles. The quantitative estimate of drug-likeness (QED) is 0.505. The van der Waals surface area contributed by atoms with Gasteiger partial charge in [-0.05, 0) is 0 Å². The van der Waals surface area contributed by atoms with Crippen LogP contribution >= 0.6 is 0 Å². The lowest BCUT2D eigenvalue weighted by Gasteiger charge is -2.26. The molecule has 5 rings (SSSR count). The molecule has 1 aromatic carbocycles. The maximum atomic E-state index is 13.2. The van der Waals surface area contributed by atoms with Crippen LogP contribution in [0, 0.1) is 11.3 Å². The van der Waals surface area contributed by atoms with Crippen LogP contribution in [0.25, 0.3) is 16.9 Å². The van der Waals surface area contributed by atoms with E-state index in [1.54, 1.807) is 28.6 Å². The SMILES string of the molecule is Cn1ncc(C(=O)N2CCOCC2)c1C(=O)Nc1cc2nc(-c3ccccc3)cn2cc1C#N. The van der Waals surface area contributed by atoms with Crippen LogP contribution in [0.15, 0.2) is 55.0 Å². The number of imidazole rings is 1. The molecule has 1 fully saturated rings. The Morgan fingerprint density at radius 2 is 1.91 bits per heavy atom. The second-order valence-corrected chi connectivity index (χ2v) is 7.86. The minimum absolute atomic E-state index is 0.119. The van der Waals surface area contributed by atoms with E-state index in [0.29, 0.717) is 37.6 Å². The van der Waals surface area contributed by atoms with Crippen molar-refractivity contribution in [2.75, 3.05) is 31.6 Å². The molecule has 4 heterocycles. The number of benzene rings is 1. The van der Waals surface area contributed by atoms with Gasteiger partial charge in [0, 0.05) is 44.2 Å². The first-order chi connectivity index (χ1) is 16.5. The van der Waals surface area contributed by atoms with E-state index in [-0.39, 0.29) is 22.7 Å². The summed E-state index contributed by atoms with van der Waals surface area (Å²) in [7, 11) is 1.60. The summed E-state index contributed by atoms with van der Waals surface area (Å²) in [5, 5.41) is 16.6. The zero-order chi connectivity index (χ0) is 23.7. The molecule has 0 unspecified atom stereocenters. The predicted molar refractivity (Wildman–Crippen MR) is 123 cm³/mol. The molecule has 0 bridgehead atoms. The number of anilines is 1. The number of rotatable bonds is 4. The van der Waals surface area contributed by atoms with Gasteiger partial charge in [0.05, 0.1) is 41.9 Å². The van der Waals surface area contributed by atoms with E-state index in [2.05, 4.69) is 21.5 Å². The smallest absolute Gasteiger partial charge is 0.274 e. The lowest BCUT2D eigenvalue weighted by atomic mass is 10.1. The first-order valence-corrected chi connectivity index (χ1v) is 10.7. The average molecular weight is 455 g/mol. The molecule has 1 N–H and O–H groups in total. The van der Waals surface area contributed by atoms with Gasteiger partial charge in [-0.15, -0.1) is 0 Å². The summed E-state index contributed by atoms with van der Waals surface area (Å²) in [6, 6.07) is 13.4. The highest BCUT2D eigenvalue weighted by Gasteiger charge is 2.27. The van der Waals surface area contributed by atoms with Crippen LogP contribution in [0.3, 0.4) is 0 Å². The Morgan fingerprint density at radius 1 is 1.15 bits per heavy atom. The third-order valence-corrected chi connectivity index (χ3v) is 5.71. The number of carbonyl (C=O) groups is 2. The lowest BCUT2D eigenvalue weighted by Crippen LogP contribution is -2.41. The van der Waals surface area contributed by atoms with E-state index < -0.39 is 5.91 Å². The average Bonchev–Trinajstić information content (AvgIpc) is 3.47. The molecule has 0 radical (unpaired) electrons. The van der Waals surface area contributed by atoms with Crippen LogP contribution in [-0.2, 0) is 11.8 Å². The van der Waals surface area contributed by atoms with Crippen LogP contribution < -0.4 is 5.32 Å². The maximum Gasteiger partial charge on any atom is 0.274 e. The number of nitrogens with zero attached hydrogens (tertiary/aromatic N) is 6. The van der Waals surface area contributed by atoms with E-state index >= 15 is 0 Å². The minimum Gasteiger partial charge on any atom is -0.378 e. The van der Waals surface area contributed by atoms with Crippen molar-refractivity contribution in [1.29, 1.82) is 5.26 Å². The summed E-state index contributed by atoms with van der Waals surface area (Å²) in [4.78, 5) is 32.5. The minimum atomic E-state index is -0.535. The monoisotopic (exact) mass is 455 g/mol. The van der Waals surface area contributed by atoms with Crippen molar-refractivity contribution >= 4 is 23.1 Å². The molecule has 0 aliphatic carbocycles. The lowest BCUT2D eigenvalue weighted by molar-refractivity contribution is 0.0302. The largest absolute Gasteiger partial charge is 0.378 e. The zero-order valence-electron chi connectivity index (χ0n) is 18.4. The number of hydrogen-bond acceptors (Lipinski definition) is 6. The molecular formula is C24H21N7O3.